The molecule has 23 heavy (non-hydrogen) atoms. The minimum atomic E-state index is -0.362. The summed E-state index contributed by atoms with van der Waals surface area (Å²) in [5.41, 5.74) is 2.45. The highest BCUT2D eigenvalue weighted by Crippen LogP contribution is 2.29. The Morgan fingerprint density at radius 2 is 1.87 bits per heavy atom. The van der Waals surface area contributed by atoms with Crippen LogP contribution in [0.2, 0.25) is 0 Å². The van der Waals surface area contributed by atoms with Gasteiger partial charge in [0.15, 0.2) is 4.96 Å². The first kappa shape index (κ1) is 12.6. The Morgan fingerprint density at radius 3 is 2.83 bits per heavy atom. The maximum atomic E-state index is 12.3. The van der Waals surface area contributed by atoms with Gasteiger partial charge in [0.25, 0.3) is 0 Å². The van der Waals surface area contributed by atoms with Gasteiger partial charge in [0.2, 0.25) is 0 Å². The van der Waals surface area contributed by atoms with E-state index in [1.165, 1.54) is 4.70 Å². The van der Waals surface area contributed by atoms with Crippen LogP contribution in [0.15, 0.2) is 70.0 Å². The first-order valence-corrected chi connectivity index (χ1v) is 8.01. The normalized spacial score (nSPS) is 11.7. The smallest absolute Gasteiger partial charge is 0.345 e. The van der Waals surface area contributed by atoms with Gasteiger partial charge in [0, 0.05) is 11.6 Å². The van der Waals surface area contributed by atoms with E-state index in [-0.39, 0.29) is 5.63 Å². The van der Waals surface area contributed by atoms with Crippen LogP contribution in [0, 0.1) is 0 Å². The fraction of sp³-hybridized carbons (Fsp3) is 0. The first-order valence-electron chi connectivity index (χ1n) is 7.19. The number of rotatable bonds is 1. The second-order valence-corrected chi connectivity index (χ2v) is 6.34. The Morgan fingerprint density at radius 1 is 1.04 bits per heavy atom. The number of hydrogen-bond donors (Lipinski definition) is 0. The highest BCUT2D eigenvalue weighted by Gasteiger charge is 2.14. The van der Waals surface area contributed by atoms with E-state index in [1.807, 2.05) is 53.1 Å². The van der Waals surface area contributed by atoms with Gasteiger partial charge in [-0.3, -0.25) is 4.40 Å². The number of thiazole rings is 1. The number of nitrogens with zero attached hydrogens (tertiary/aromatic N) is 2. The molecule has 0 atom stereocenters. The summed E-state index contributed by atoms with van der Waals surface area (Å²) >= 11 is 1.61. The number of aromatic nitrogens is 2. The van der Waals surface area contributed by atoms with E-state index in [0.29, 0.717) is 16.8 Å². The number of benzene rings is 2. The van der Waals surface area contributed by atoms with Crippen molar-refractivity contribution in [2.75, 3.05) is 0 Å². The third-order valence-electron chi connectivity index (χ3n) is 3.92. The van der Waals surface area contributed by atoms with Crippen molar-refractivity contribution in [1.29, 1.82) is 0 Å². The van der Waals surface area contributed by atoms with E-state index in [9.17, 15) is 4.79 Å². The molecule has 0 aliphatic heterocycles. The van der Waals surface area contributed by atoms with E-state index < -0.39 is 0 Å². The Kier molecular flexibility index (Phi) is 2.49. The van der Waals surface area contributed by atoms with Crippen molar-refractivity contribution in [3.63, 3.8) is 0 Å². The maximum absolute atomic E-state index is 12.3. The SMILES string of the molecule is O=c1oc2ccccc2cc1-c1cn2c(n1)sc1ccccc12. The van der Waals surface area contributed by atoms with Crippen molar-refractivity contribution in [2.24, 2.45) is 0 Å². The average Bonchev–Trinajstić information content (AvgIpc) is 3.12. The molecule has 0 saturated carbocycles. The van der Waals surface area contributed by atoms with Gasteiger partial charge < -0.3 is 4.42 Å². The second kappa shape index (κ2) is 4.54. The zero-order valence-corrected chi connectivity index (χ0v) is 12.7. The van der Waals surface area contributed by atoms with E-state index in [0.717, 1.165) is 15.9 Å². The lowest BCUT2D eigenvalue weighted by atomic mass is 10.1. The van der Waals surface area contributed by atoms with Gasteiger partial charge in [-0.1, -0.05) is 41.7 Å². The molecule has 0 spiro atoms. The molecule has 0 amide bonds. The standard InChI is InChI=1S/C18H10N2O2S/c21-17-12(9-11-5-1-3-7-15(11)22-17)13-10-20-14-6-2-4-8-16(14)23-18(20)19-13/h1-10H. The van der Waals surface area contributed by atoms with Crippen molar-refractivity contribution in [2.45, 2.75) is 0 Å². The van der Waals surface area contributed by atoms with E-state index in [1.54, 1.807) is 17.4 Å². The lowest BCUT2D eigenvalue weighted by Crippen LogP contribution is -2.02. The third-order valence-corrected chi connectivity index (χ3v) is 4.95. The highest BCUT2D eigenvalue weighted by atomic mass is 32.1. The van der Waals surface area contributed by atoms with Crippen LogP contribution in [0.25, 0.3) is 37.4 Å². The zero-order chi connectivity index (χ0) is 15.4. The van der Waals surface area contributed by atoms with E-state index >= 15 is 0 Å². The Labute approximate surface area is 134 Å². The third kappa shape index (κ3) is 1.83. The summed E-state index contributed by atoms with van der Waals surface area (Å²) in [5.74, 6) is 0. The lowest BCUT2D eigenvalue weighted by Gasteiger charge is -1.98. The fourth-order valence-electron chi connectivity index (χ4n) is 2.82. The molecule has 0 radical (unpaired) electrons. The quantitative estimate of drug-likeness (QED) is 0.432. The highest BCUT2D eigenvalue weighted by molar-refractivity contribution is 7.23. The molecule has 0 aliphatic carbocycles. The van der Waals surface area contributed by atoms with Crippen LogP contribution in [0.3, 0.4) is 0 Å². The van der Waals surface area contributed by atoms with Gasteiger partial charge in [-0.2, -0.15) is 0 Å². The summed E-state index contributed by atoms with van der Waals surface area (Å²) in [6.07, 6.45) is 1.90. The largest absolute Gasteiger partial charge is 0.422 e. The van der Waals surface area contributed by atoms with Crippen LogP contribution >= 0.6 is 11.3 Å². The number of hydrogen-bond acceptors (Lipinski definition) is 4. The molecule has 0 unspecified atom stereocenters. The summed E-state index contributed by atoms with van der Waals surface area (Å²) in [7, 11) is 0. The molecule has 4 nitrogen and oxygen atoms in total. The molecule has 110 valence electrons. The minimum Gasteiger partial charge on any atom is -0.422 e. The molecule has 0 saturated heterocycles. The molecule has 3 heterocycles. The van der Waals surface area contributed by atoms with Crippen LogP contribution in [-0.4, -0.2) is 9.38 Å². The Bertz CT molecular complexity index is 1250. The van der Waals surface area contributed by atoms with Crippen molar-refractivity contribution >= 4 is 37.5 Å². The average molecular weight is 318 g/mol. The Balaban J connectivity index is 1.79. The van der Waals surface area contributed by atoms with E-state index in [4.69, 9.17) is 4.42 Å². The van der Waals surface area contributed by atoms with Crippen molar-refractivity contribution < 1.29 is 4.42 Å². The van der Waals surface area contributed by atoms with Crippen molar-refractivity contribution in [3.05, 3.63) is 71.2 Å². The molecule has 0 aliphatic rings. The van der Waals surface area contributed by atoms with Crippen LogP contribution < -0.4 is 5.63 Å². The topological polar surface area (TPSA) is 47.5 Å². The molecule has 5 aromatic rings. The molecule has 5 rings (SSSR count). The van der Waals surface area contributed by atoms with Gasteiger partial charge >= 0.3 is 5.63 Å². The van der Waals surface area contributed by atoms with Gasteiger partial charge in [-0.05, 0) is 24.3 Å². The van der Waals surface area contributed by atoms with Gasteiger partial charge in [-0.25, -0.2) is 9.78 Å². The summed E-state index contributed by atoms with van der Waals surface area (Å²) < 4.78 is 8.60. The molecular formula is C18H10N2O2S. The van der Waals surface area contributed by atoms with Gasteiger partial charge in [0.05, 0.1) is 21.5 Å². The van der Waals surface area contributed by atoms with Crippen LogP contribution in [0.4, 0.5) is 0 Å². The van der Waals surface area contributed by atoms with E-state index in [2.05, 4.69) is 11.1 Å². The van der Waals surface area contributed by atoms with Gasteiger partial charge in [-0.15, -0.1) is 0 Å². The number of para-hydroxylation sites is 2. The lowest BCUT2D eigenvalue weighted by molar-refractivity contribution is 0.563. The van der Waals surface area contributed by atoms with Crippen molar-refractivity contribution in [1.82, 2.24) is 9.38 Å². The molecule has 0 fully saturated rings. The number of fused-ring (bicyclic) bond motifs is 4. The minimum absolute atomic E-state index is 0.362. The van der Waals surface area contributed by atoms with Crippen molar-refractivity contribution in [3.8, 4) is 11.3 Å². The predicted octanol–water partition coefficient (Wildman–Crippen LogP) is 4.32. The van der Waals surface area contributed by atoms with Crippen LogP contribution in [0.5, 0.6) is 0 Å². The molecule has 2 aromatic carbocycles. The summed E-state index contributed by atoms with van der Waals surface area (Å²) in [6.45, 7) is 0. The summed E-state index contributed by atoms with van der Waals surface area (Å²) in [6, 6.07) is 17.5. The monoisotopic (exact) mass is 318 g/mol. The predicted molar refractivity (Wildman–Crippen MR) is 92.1 cm³/mol. The number of imidazole rings is 1. The van der Waals surface area contributed by atoms with Gasteiger partial charge in [0.1, 0.15) is 5.58 Å². The molecule has 5 heteroatoms. The van der Waals surface area contributed by atoms with Crippen LogP contribution in [-0.2, 0) is 0 Å². The van der Waals surface area contributed by atoms with Crippen LogP contribution in [0.1, 0.15) is 0 Å². The second-order valence-electron chi connectivity index (χ2n) is 5.33. The molecule has 0 N–H and O–H groups in total. The molecule has 0 bridgehead atoms. The summed E-state index contributed by atoms with van der Waals surface area (Å²) in [5, 5.41) is 0.892. The Hall–Kier alpha value is -2.92. The first-order chi connectivity index (χ1) is 11.3. The molecular weight excluding hydrogens is 308 g/mol. The maximum Gasteiger partial charge on any atom is 0.345 e. The zero-order valence-electron chi connectivity index (χ0n) is 11.9. The summed E-state index contributed by atoms with van der Waals surface area (Å²) in [4.78, 5) is 17.8. The molecule has 3 aromatic heterocycles. The fourth-order valence-corrected chi connectivity index (χ4v) is 3.83.